The Labute approximate surface area is 138 Å². The molecule has 0 heterocycles. The van der Waals surface area contributed by atoms with Crippen molar-refractivity contribution in [1.82, 2.24) is 0 Å². The van der Waals surface area contributed by atoms with Crippen molar-refractivity contribution < 1.29 is 14.3 Å². The van der Waals surface area contributed by atoms with Crippen LogP contribution in [0.25, 0.3) is 0 Å². The summed E-state index contributed by atoms with van der Waals surface area (Å²) < 4.78 is 3.98. The minimum Gasteiger partial charge on any atom is -0.452 e. The van der Waals surface area contributed by atoms with Crippen LogP contribution in [0.2, 0.25) is 0 Å². The SMILES string of the molecule is C[C@@H](OC(=O)[C@@]1(C)CC1(Cl)Cl)C(=O)Nc1cccc(C#N)c1. The average Bonchev–Trinajstić information content (AvgIpc) is 2.99. The van der Waals surface area contributed by atoms with Crippen LogP contribution in [-0.2, 0) is 14.3 Å². The first-order chi connectivity index (χ1) is 10.2. The van der Waals surface area contributed by atoms with Crippen molar-refractivity contribution >= 4 is 40.8 Å². The number of alkyl halides is 2. The van der Waals surface area contributed by atoms with Crippen molar-refractivity contribution in [3.05, 3.63) is 29.8 Å². The molecule has 22 heavy (non-hydrogen) atoms. The van der Waals surface area contributed by atoms with Gasteiger partial charge < -0.3 is 10.1 Å². The van der Waals surface area contributed by atoms with Gasteiger partial charge in [-0.3, -0.25) is 9.59 Å². The Morgan fingerprint density at radius 2 is 2.09 bits per heavy atom. The summed E-state index contributed by atoms with van der Waals surface area (Å²) in [7, 11) is 0. The fraction of sp³-hybridized carbons (Fsp3) is 0.400. The van der Waals surface area contributed by atoms with E-state index in [-0.39, 0.29) is 0 Å². The van der Waals surface area contributed by atoms with Crippen LogP contribution in [-0.4, -0.2) is 22.3 Å². The number of hydrogen-bond donors (Lipinski definition) is 1. The van der Waals surface area contributed by atoms with Gasteiger partial charge in [0.25, 0.3) is 5.91 Å². The van der Waals surface area contributed by atoms with E-state index in [2.05, 4.69) is 5.32 Å². The molecule has 1 amide bonds. The number of nitrogens with zero attached hydrogens (tertiary/aromatic N) is 1. The molecule has 1 aromatic rings. The van der Waals surface area contributed by atoms with Gasteiger partial charge in [0.15, 0.2) is 6.10 Å². The van der Waals surface area contributed by atoms with Gasteiger partial charge in [-0.25, -0.2) is 0 Å². The number of carbonyl (C=O) groups is 2. The van der Waals surface area contributed by atoms with Crippen LogP contribution in [0, 0.1) is 16.7 Å². The molecule has 2 atom stereocenters. The highest BCUT2D eigenvalue weighted by atomic mass is 35.5. The molecular weight excluding hydrogens is 327 g/mol. The van der Waals surface area contributed by atoms with E-state index in [1.54, 1.807) is 25.1 Å². The van der Waals surface area contributed by atoms with Gasteiger partial charge in [0.1, 0.15) is 9.75 Å². The van der Waals surface area contributed by atoms with E-state index in [0.29, 0.717) is 17.7 Å². The van der Waals surface area contributed by atoms with Gasteiger partial charge in [0.2, 0.25) is 0 Å². The van der Waals surface area contributed by atoms with Gasteiger partial charge in [-0.1, -0.05) is 6.07 Å². The van der Waals surface area contributed by atoms with Gasteiger partial charge in [-0.15, -0.1) is 23.2 Å². The summed E-state index contributed by atoms with van der Waals surface area (Å²) in [6.07, 6.45) is -0.708. The molecule has 1 aromatic carbocycles. The molecule has 0 radical (unpaired) electrons. The fourth-order valence-electron chi connectivity index (χ4n) is 1.88. The second-order valence-corrected chi connectivity index (χ2v) is 6.93. The number of esters is 1. The lowest BCUT2D eigenvalue weighted by Gasteiger charge is -2.17. The van der Waals surface area contributed by atoms with E-state index in [4.69, 9.17) is 33.2 Å². The molecule has 1 saturated carbocycles. The molecule has 1 aliphatic carbocycles. The molecule has 0 spiro atoms. The Kier molecular flexibility index (Phi) is 4.37. The van der Waals surface area contributed by atoms with Crippen LogP contribution in [0.15, 0.2) is 24.3 Å². The minimum absolute atomic E-state index is 0.292. The Bertz CT molecular complexity index is 669. The second-order valence-electron chi connectivity index (χ2n) is 5.44. The van der Waals surface area contributed by atoms with Crippen LogP contribution in [0.1, 0.15) is 25.8 Å². The van der Waals surface area contributed by atoms with Crippen LogP contribution < -0.4 is 5.32 Å². The highest BCUT2D eigenvalue weighted by Gasteiger charge is 2.69. The smallest absolute Gasteiger partial charge is 0.315 e. The zero-order chi connectivity index (χ0) is 16.5. The molecule has 1 N–H and O–H groups in total. The summed E-state index contributed by atoms with van der Waals surface area (Å²) in [5.74, 6) is -1.10. The van der Waals surface area contributed by atoms with Crippen molar-refractivity contribution in [2.45, 2.75) is 30.7 Å². The molecule has 0 aromatic heterocycles. The van der Waals surface area contributed by atoms with Gasteiger partial charge in [0.05, 0.1) is 11.6 Å². The third-order valence-corrected chi connectivity index (χ3v) is 4.72. The lowest BCUT2D eigenvalue weighted by Crippen LogP contribution is -2.33. The third kappa shape index (κ3) is 3.18. The molecule has 116 valence electrons. The summed E-state index contributed by atoms with van der Waals surface area (Å²) >= 11 is 11.8. The zero-order valence-electron chi connectivity index (χ0n) is 12.0. The first-order valence-electron chi connectivity index (χ1n) is 6.59. The van der Waals surface area contributed by atoms with Crippen LogP contribution in [0.3, 0.4) is 0 Å². The number of carbonyl (C=O) groups excluding carboxylic acids is 2. The second kappa shape index (κ2) is 5.79. The number of hydrogen-bond acceptors (Lipinski definition) is 4. The average molecular weight is 341 g/mol. The Morgan fingerprint density at radius 3 is 2.64 bits per heavy atom. The monoisotopic (exact) mass is 340 g/mol. The van der Waals surface area contributed by atoms with E-state index < -0.39 is 27.7 Å². The van der Waals surface area contributed by atoms with Crippen molar-refractivity contribution in [3.8, 4) is 6.07 Å². The summed E-state index contributed by atoms with van der Waals surface area (Å²) in [6, 6.07) is 8.40. The number of anilines is 1. The Hall–Kier alpha value is -1.77. The number of amides is 1. The maximum atomic E-state index is 12.0. The quantitative estimate of drug-likeness (QED) is 0.674. The Balaban J connectivity index is 1.95. The number of nitrogens with one attached hydrogen (secondary N) is 1. The van der Waals surface area contributed by atoms with Gasteiger partial charge in [0, 0.05) is 12.1 Å². The summed E-state index contributed by atoms with van der Waals surface area (Å²) in [6.45, 7) is 3.05. The topological polar surface area (TPSA) is 79.2 Å². The molecule has 5 nitrogen and oxygen atoms in total. The third-order valence-electron chi connectivity index (χ3n) is 3.62. The van der Waals surface area contributed by atoms with Gasteiger partial charge in [-0.05, 0) is 32.0 Å². The summed E-state index contributed by atoms with van der Waals surface area (Å²) in [4.78, 5) is 24.0. The van der Waals surface area contributed by atoms with Gasteiger partial charge in [-0.2, -0.15) is 5.26 Å². The lowest BCUT2D eigenvalue weighted by molar-refractivity contribution is -0.158. The highest BCUT2D eigenvalue weighted by molar-refractivity contribution is 6.53. The normalized spacial score (nSPS) is 23.0. The Morgan fingerprint density at radius 1 is 1.45 bits per heavy atom. The van der Waals surface area contributed by atoms with E-state index in [1.165, 1.54) is 13.0 Å². The molecule has 0 bridgehead atoms. The molecule has 0 saturated heterocycles. The fourth-order valence-corrected chi connectivity index (χ4v) is 2.56. The molecular formula is C15H14Cl2N2O3. The van der Waals surface area contributed by atoms with Crippen molar-refractivity contribution in [1.29, 1.82) is 5.26 Å². The largest absolute Gasteiger partial charge is 0.452 e. The van der Waals surface area contributed by atoms with Crippen LogP contribution in [0.4, 0.5) is 5.69 Å². The number of ether oxygens (including phenoxy) is 1. The molecule has 0 aliphatic heterocycles. The minimum atomic E-state index is -1.14. The van der Waals surface area contributed by atoms with Crippen molar-refractivity contribution in [2.75, 3.05) is 5.32 Å². The van der Waals surface area contributed by atoms with Gasteiger partial charge >= 0.3 is 5.97 Å². The molecule has 2 rings (SSSR count). The number of benzene rings is 1. The van der Waals surface area contributed by atoms with E-state index in [9.17, 15) is 9.59 Å². The zero-order valence-corrected chi connectivity index (χ0v) is 13.5. The number of rotatable bonds is 4. The van der Waals surface area contributed by atoms with Crippen LogP contribution >= 0.6 is 23.2 Å². The molecule has 1 aliphatic rings. The predicted molar refractivity (Wildman–Crippen MR) is 82.5 cm³/mol. The van der Waals surface area contributed by atoms with Crippen LogP contribution in [0.5, 0.6) is 0 Å². The predicted octanol–water partition coefficient (Wildman–Crippen LogP) is 3.01. The molecule has 0 unspecified atom stereocenters. The maximum absolute atomic E-state index is 12.0. The molecule has 1 fully saturated rings. The first-order valence-corrected chi connectivity index (χ1v) is 7.35. The summed E-state index contributed by atoms with van der Waals surface area (Å²) in [5, 5.41) is 11.4. The highest BCUT2D eigenvalue weighted by Crippen LogP contribution is 2.64. The van der Waals surface area contributed by atoms with E-state index in [0.717, 1.165) is 0 Å². The standard InChI is InChI=1S/C15H14Cl2N2O3/c1-9(22-13(21)14(2)8-15(14,16)17)12(20)19-11-5-3-4-10(6-11)7-18/h3-6,9H,8H2,1-2H3,(H,19,20)/t9-,14-/m1/s1. The number of halogens is 2. The van der Waals surface area contributed by atoms with E-state index >= 15 is 0 Å². The van der Waals surface area contributed by atoms with Crippen molar-refractivity contribution in [2.24, 2.45) is 5.41 Å². The summed E-state index contributed by atoms with van der Waals surface area (Å²) in [5.41, 5.74) is -0.110. The first kappa shape index (κ1) is 16.6. The van der Waals surface area contributed by atoms with Crippen molar-refractivity contribution in [3.63, 3.8) is 0 Å². The number of nitriles is 1. The van der Waals surface area contributed by atoms with E-state index in [1.807, 2.05) is 6.07 Å². The lowest BCUT2D eigenvalue weighted by atomic mass is 10.1. The molecule has 7 heteroatoms. The maximum Gasteiger partial charge on any atom is 0.315 e.